The maximum absolute atomic E-state index is 4.45. The molecule has 0 aliphatic carbocycles. The van der Waals surface area contributed by atoms with Crippen molar-refractivity contribution in [2.75, 3.05) is 0 Å². The predicted octanol–water partition coefficient (Wildman–Crippen LogP) is 2.91. The fourth-order valence-electron chi connectivity index (χ4n) is 1.79. The van der Waals surface area contributed by atoms with Crippen LogP contribution in [0.2, 0.25) is 0 Å². The highest BCUT2D eigenvalue weighted by molar-refractivity contribution is 5.65. The average Bonchev–Trinajstić information content (AvgIpc) is 2.49. The summed E-state index contributed by atoms with van der Waals surface area (Å²) < 4.78 is 0. The molecule has 0 spiro atoms. The zero-order chi connectivity index (χ0) is 13.1. The zero-order valence-corrected chi connectivity index (χ0v) is 10.5. The third kappa shape index (κ3) is 2.47. The summed E-state index contributed by atoms with van der Waals surface area (Å²) in [5.41, 5.74) is 3.89. The molecule has 4 nitrogen and oxygen atoms in total. The largest absolute Gasteiger partial charge is 0.264 e. The number of pyridine rings is 2. The number of hydrogen-bond donors (Lipinski definition) is 0. The second kappa shape index (κ2) is 4.94. The van der Waals surface area contributed by atoms with E-state index >= 15 is 0 Å². The van der Waals surface area contributed by atoms with E-state index in [1.807, 2.05) is 49.8 Å². The minimum absolute atomic E-state index is 0.767. The molecule has 3 aromatic heterocycles. The molecule has 0 aliphatic rings. The van der Waals surface area contributed by atoms with Crippen LogP contribution in [0.15, 0.2) is 55.2 Å². The van der Waals surface area contributed by atoms with Gasteiger partial charge in [-0.3, -0.25) is 9.97 Å². The molecule has 0 saturated carbocycles. The van der Waals surface area contributed by atoms with Gasteiger partial charge in [0, 0.05) is 47.7 Å². The van der Waals surface area contributed by atoms with Gasteiger partial charge >= 0.3 is 0 Å². The van der Waals surface area contributed by atoms with Crippen LogP contribution in [0.25, 0.3) is 22.4 Å². The number of rotatable bonds is 2. The van der Waals surface area contributed by atoms with Crippen molar-refractivity contribution in [3.63, 3.8) is 0 Å². The Morgan fingerprint density at radius 1 is 0.737 bits per heavy atom. The molecular weight excluding hydrogens is 236 g/mol. The first-order chi connectivity index (χ1) is 9.33. The quantitative estimate of drug-likeness (QED) is 0.699. The molecule has 3 aromatic rings. The van der Waals surface area contributed by atoms with Crippen molar-refractivity contribution < 1.29 is 0 Å². The molecule has 0 N–H and O–H groups in total. The van der Waals surface area contributed by atoms with Gasteiger partial charge in [-0.1, -0.05) is 6.07 Å². The molecule has 0 aromatic carbocycles. The summed E-state index contributed by atoms with van der Waals surface area (Å²) in [5, 5.41) is 0. The van der Waals surface area contributed by atoms with Crippen LogP contribution < -0.4 is 0 Å². The Bertz CT molecular complexity index is 661. The third-order valence-electron chi connectivity index (χ3n) is 2.84. The van der Waals surface area contributed by atoms with Crippen LogP contribution in [-0.2, 0) is 0 Å². The lowest BCUT2D eigenvalue weighted by molar-refractivity contribution is 1.05. The van der Waals surface area contributed by atoms with Gasteiger partial charge in [0.25, 0.3) is 0 Å². The van der Waals surface area contributed by atoms with Crippen LogP contribution in [-0.4, -0.2) is 19.9 Å². The zero-order valence-electron chi connectivity index (χ0n) is 10.5. The smallest absolute Gasteiger partial charge is 0.125 e. The lowest BCUT2D eigenvalue weighted by atomic mass is 10.1. The van der Waals surface area contributed by atoms with Gasteiger partial charge in [-0.15, -0.1) is 0 Å². The van der Waals surface area contributed by atoms with Gasteiger partial charge in [-0.2, -0.15) is 0 Å². The van der Waals surface area contributed by atoms with E-state index in [9.17, 15) is 0 Å². The Labute approximate surface area is 111 Å². The first kappa shape index (κ1) is 11.5. The summed E-state index contributed by atoms with van der Waals surface area (Å²) in [6.07, 6.45) is 9.00. The van der Waals surface area contributed by atoms with Crippen molar-refractivity contribution >= 4 is 0 Å². The molecule has 0 atom stereocenters. The van der Waals surface area contributed by atoms with Crippen LogP contribution in [0.1, 0.15) is 5.82 Å². The highest BCUT2D eigenvalue weighted by Gasteiger charge is 2.02. The minimum Gasteiger partial charge on any atom is -0.264 e. The molecular formula is C15H12N4. The van der Waals surface area contributed by atoms with Gasteiger partial charge in [0.15, 0.2) is 0 Å². The van der Waals surface area contributed by atoms with Gasteiger partial charge in [0.1, 0.15) is 5.82 Å². The molecule has 0 aliphatic heterocycles. The van der Waals surface area contributed by atoms with Crippen molar-refractivity contribution in [2.24, 2.45) is 0 Å². The van der Waals surface area contributed by atoms with Crippen molar-refractivity contribution in [3.05, 3.63) is 61.1 Å². The fourth-order valence-corrected chi connectivity index (χ4v) is 1.79. The molecule has 0 bridgehead atoms. The first-order valence-corrected chi connectivity index (χ1v) is 5.98. The van der Waals surface area contributed by atoms with E-state index in [1.54, 1.807) is 12.4 Å². The third-order valence-corrected chi connectivity index (χ3v) is 2.84. The predicted molar refractivity (Wildman–Crippen MR) is 73.2 cm³/mol. The molecule has 19 heavy (non-hydrogen) atoms. The molecule has 0 fully saturated rings. The van der Waals surface area contributed by atoms with Gasteiger partial charge in [-0.25, -0.2) is 9.97 Å². The Kier molecular flexibility index (Phi) is 2.98. The Morgan fingerprint density at radius 2 is 1.53 bits per heavy atom. The van der Waals surface area contributed by atoms with E-state index in [4.69, 9.17) is 0 Å². The topological polar surface area (TPSA) is 51.6 Å². The van der Waals surface area contributed by atoms with Gasteiger partial charge in [-0.05, 0) is 25.1 Å². The number of hydrogen-bond acceptors (Lipinski definition) is 4. The maximum atomic E-state index is 4.45. The second-order valence-electron chi connectivity index (χ2n) is 4.19. The normalized spacial score (nSPS) is 10.4. The molecule has 0 unspecified atom stereocenters. The summed E-state index contributed by atoms with van der Waals surface area (Å²) in [4.78, 5) is 16.9. The molecule has 3 heterocycles. The summed E-state index contributed by atoms with van der Waals surface area (Å²) in [7, 11) is 0. The van der Waals surface area contributed by atoms with Gasteiger partial charge in [0.05, 0.1) is 5.69 Å². The van der Waals surface area contributed by atoms with Gasteiger partial charge < -0.3 is 0 Å². The molecule has 4 heteroatoms. The first-order valence-electron chi connectivity index (χ1n) is 5.98. The summed E-state index contributed by atoms with van der Waals surface area (Å²) in [5.74, 6) is 0.767. The molecule has 0 radical (unpaired) electrons. The highest BCUT2D eigenvalue weighted by atomic mass is 14.8. The molecule has 0 saturated heterocycles. The van der Waals surface area contributed by atoms with Crippen LogP contribution in [0, 0.1) is 6.92 Å². The highest BCUT2D eigenvalue weighted by Crippen LogP contribution is 2.20. The van der Waals surface area contributed by atoms with E-state index in [-0.39, 0.29) is 0 Å². The number of nitrogens with zero attached hydrogens (tertiary/aromatic N) is 4. The summed E-state index contributed by atoms with van der Waals surface area (Å²) in [6.45, 7) is 1.87. The van der Waals surface area contributed by atoms with E-state index in [0.717, 1.165) is 28.2 Å². The van der Waals surface area contributed by atoms with E-state index in [1.165, 1.54) is 0 Å². The molecule has 3 rings (SSSR count). The fraction of sp³-hybridized carbons (Fsp3) is 0.0667. The summed E-state index contributed by atoms with van der Waals surface area (Å²) in [6, 6.07) is 7.89. The van der Waals surface area contributed by atoms with Crippen LogP contribution in [0.3, 0.4) is 0 Å². The standard InChI is InChI=1S/C15H12N4/c1-11-17-9-14(10-18-11)12-4-5-15(19-8-12)13-3-2-6-16-7-13/h2-10H,1H3. The van der Waals surface area contributed by atoms with Crippen molar-refractivity contribution in [2.45, 2.75) is 6.92 Å². The minimum atomic E-state index is 0.767. The van der Waals surface area contributed by atoms with Crippen LogP contribution in [0.4, 0.5) is 0 Å². The Morgan fingerprint density at radius 3 is 2.16 bits per heavy atom. The van der Waals surface area contributed by atoms with Crippen molar-refractivity contribution in [3.8, 4) is 22.4 Å². The summed E-state index contributed by atoms with van der Waals surface area (Å²) >= 11 is 0. The average molecular weight is 248 g/mol. The van der Waals surface area contributed by atoms with Crippen LogP contribution >= 0.6 is 0 Å². The van der Waals surface area contributed by atoms with Crippen molar-refractivity contribution in [1.29, 1.82) is 0 Å². The van der Waals surface area contributed by atoms with Crippen molar-refractivity contribution in [1.82, 2.24) is 19.9 Å². The monoisotopic (exact) mass is 248 g/mol. The van der Waals surface area contributed by atoms with E-state index in [2.05, 4.69) is 19.9 Å². The second-order valence-corrected chi connectivity index (χ2v) is 4.19. The Hall–Kier alpha value is -2.62. The van der Waals surface area contributed by atoms with Crippen LogP contribution in [0.5, 0.6) is 0 Å². The molecule has 92 valence electrons. The SMILES string of the molecule is Cc1ncc(-c2ccc(-c3cccnc3)nc2)cn1. The maximum Gasteiger partial charge on any atom is 0.125 e. The van der Waals surface area contributed by atoms with E-state index < -0.39 is 0 Å². The lowest BCUT2D eigenvalue weighted by Gasteiger charge is -2.03. The number of aromatic nitrogens is 4. The Balaban J connectivity index is 1.93. The number of aryl methyl sites for hydroxylation is 1. The molecule has 0 amide bonds. The lowest BCUT2D eigenvalue weighted by Crippen LogP contribution is -1.89. The van der Waals surface area contributed by atoms with Gasteiger partial charge in [0.2, 0.25) is 0 Å². The van der Waals surface area contributed by atoms with E-state index in [0.29, 0.717) is 0 Å².